The van der Waals surface area contributed by atoms with Gasteiger partial charge in [-0.3, -0.25) is 5.41 Å². The molecular formula is C10H7ClF3N3. The number of rotatable bonds is 1. The van der Waals surface area contributed by atoms with Crippen LogP contribution in [0, 0.1) is 22.9 Å². The van der Waals surface area contributed by atoms with E-state index < -0.39 is 17.5 Å². The van der Waals surface area contributed by atoms with Gasteiger partial charge in [-0.05, 0) is 12.1 Å². The number of halogens is 4. The minimum atomic E-state index is -1.58. The number of pyridine rings is 1. The van der Waals surface area contributed by atoms with Gasteiger partial charge in [-0.2, -0.15) is 0 Å². The Kier molecular flexibility index (Phi) is 3.57. The number of aromatic nitrogens is 1. The molecule has 0 atom stereocenters. The molecule has 7 heteroatoms. The van der Waals surface area contributed by atoms with Gasteiger partial charge in [0, 0.05) is 5.39 Å². The average molecular weight is 262 g/mol. The number of nitrogens with zero attached hydrogens (tertiary/aromatic N) is 1. The zero-order chi connectivity index (χ0) is 11.9. The van der Waals surface area contributed by atoms with Gasteiger partial charge in [0.25, 0.3) is 0 Å². The van der Waals surface area contributed by atoms with E-state index in [9.17, 15) is 13.2 Å². The van der Waals surface area contributed by atoms with Gasteiger partial charge in [-0.25, -0.2) is 18.2 Å². The summed E-state index contributed by atoms with van der Waals surface area (Å²) >= 11 is 0. The van der Waals surface area contributed by atoms with E-state index >= 15 is 0 Å². The van der Waals surface area contributed by atoms with E-state index in [1.165, 1.54) is 12.1 Å². The van der Waals surface area contributed by atoms with E-state index in [1.807, 2.05) is 0 Å². The highest BCUT2D eigenvalue weighted by Gasteiger charge is 2.15. The number of fused-ring (bicyclic) bond motifs is 1. The Bertz CT molecular complexity index is 601. The molecule has 0 unspecified atom stereocenters. The molecule has 0 saturated heterocycles. The van der Waals surface area contributed by atoms with Gasteiger partial charge in [0.1, 0.15) is 17.0 Å². The molecule has 0 aliphatic carbocycles. The minimum absolute atomic E-state index is 0. The SMILES string of the molecule is Cl.N=C(N)c1ccc2cc(F)c(F)c(F)c2n1. The molecule has 0 spiro atoms. The molecule has 0 radical (unpaired) electrons. The van der Waals surface area contributed by atoms with Gasteiger partial charge in [-0.15, -0.1) is 12.4 Å². The lowest BCUT2D eigenvalue weighted by molar-refractivity contribution is 0.452. The van der Waals surface area contributed by atoms with Crippen molar-refractivity contribution in [3.05, 3.63) is 41.3 Å². The molecule has 0 fully saturated rings. The van der Waals surface area contributed by atoms with Crippen molar-refractivity contribution >= 4 is 29.1 Å². The fourth-order valence-corrected chi connectivity index (χ4v) is 1.32. The van der Waals surface area contributed by atoms with Gasteiger partial charge >= 0.3 is 0 Å². The topological polar surface area (TPSA) is 62.8 Å². The molecule has 17 heavy (non-hydrogen) atoms. The number of nitrogens with two attached hydrogens (primary N) is 1. The van der Waals surface area contributed by atoms with Crippen molar-refractivity contribution in [2.75, 3.05) is 0 Å². The lowest BCUT2D eigenvalue weighted by Gasteiger charge is -2.03. The summed E-state index contributed by atoms with van der Waals surface area (Å²) < 4.78 is 39.1. The molecule has 2 rings (SSSR count). The maximum Gasteiger partial charge on any atom is 0.196 e. The summed E-state index contributed by atoms with van der Waals surface area (Å²) in [6.07, 6.45) is 0. The van der Waals surface area contributed by atoms with Gasteiger partial charge in [0.15, 0.2) is 17.5 Å². The molecule has 3 N–H and O–H groups in total. The Morgan fingerprint density at radius 3 is 2.41 bits per heavy atom. The second kappa shape index (κ2) is 4.58. The van der Waals surface area contributed by atoms with Crippen LogP contribution in [0.15, 0.2) is 18.2 Å². The van der Waals surface area contributed by atoms with E-state index in [4.69, 9.17) is 11.1 Å². The van der Waals surface area contributed by atoms with E-state index in [0.29, 0.717) is 0 Å². The Balaban J connectivity index is 0.00000144. The number of hydrogen-bond acceptors (Lipinski definition) is 2. The maximum atomic E-state index is 13.3. The average Bonchev–Trinajstić information content (AvgIpc) is 2.25. The summed E-state index contributed by atoms with van der Waals surface area (Å²) in [5.74, 6) is -4.60. The second-order valence-electron chi connectivity index (χ2n) is 3.17. The highest BCUT2D eigenvalue weighted by molar-refractivity contribution is 5.95. The third-order valence-corrected chi connectivity index (χ3v) is 2.09. The monoisotopic (exact) mass is 261 g/mol. The molecule has 1 aromatic heterocycles. The highest BCUT2D eigenvalue weighted by Crippen LogP contribution is 2.21. The summed E-state index contributed by atoms with van der Waals surface area (Å²) in [6.45, 7) is 0. The Hall–Kier alpha value is -1.82. The molecule has 90 valence electrons. The van der Waals surface area contributed by atoms with Crippen molar-refractivity contribution in [1.82, 2.24) is 4.98 Å². The van der Waals surface area contributed by atoms with Crippen molar-refractivity contribution in [3.63, 3.8) is 0 Å². The van der Waals surface area contributed by atoms with Crippen LogP contribution in [0.25, 0.3) is 10.9 Å². The predicted molar refractivity (Wildman–Crippen MR) is 59.9 cm³/mol. The van der Waals surface area contributed by atoms with E-state index in [1.54, 1.807) is 0 Å². The summed E-state index contributed by atoms with van der Waals surface area (Å²) in [5.41, 5.74) is 4.82. The standard InChI is InChI=1S/C10H6F3N3.ClH/c11-5-3-4-1-2-6(10(14)15)16-9(4)8(13)7(5)12;/h1-3H,(H3,14,15);1H. The number of nitrogen functional groups attached to an aromatic ring is 1. The summed E-state index contributed by atoms with van der Waals surface area (Å²) in [5, 5.41) is 7.21. The lowest BCUT2D eigenvalue weighted by Crippen LogP contribution is -2.13. The summed E-state index contributed by atoms with van der Waals surface area (Å²) in [4.78, 5) is 3.64. The molecule has 0 amide bonds. The molecule has 1 heterocycles. The normalized spacial score (nSPS) is 10.1. The molecule has 0 saturated carbocycles. The van der Waals surface area contributed by atoms with Crippen LogP contribution in [0.3, 0.4) is 0 Å². The molecule has 0 aliphatic heterocycles. The van der Waals surface area contributed by atoms with Gasteiger partial charge in [-0.1, -0.05) is 6.07 Å². The Morgan fingerprint density at radius 2 is 1.82 bits per heavy atom. The third-order valence-electron chi connectivity index (χ3n) is 2.09. The fourth-order valence-electron chi connectivity index (χ4n) is 1.32. The number of hydrogen-bond donors (Lipinski definition) is 2. The maximum absolute atomic E-state index is 13.3. The van der Waals surface area contributed by atoms with Crippen LogP contribution in [-0.2, 0) is 0 Å². The van der Waals surface area contributed by atoms with E-state index in [2.05, 4.69) is 4.98 Å². The number of amidine groups is 1. The van der Waals surface area contributed by atoms with Crippen LogP contribution in [0.5, 0.6) is 0 Å². The first-order valence-corrected chi connectivity index (χ1v) is 4.29. The van der Waals surface area contributed by atoms with Crippen LogP contribution in [0.2, 0.25) is 0 Å². The summed E-state index contributed by atoms with van der Waals surface area (Å²) in [6, 6.07) is 3.50. The van der Waals surface area contributed by atoms with Gasteiger partial charge in [0.2, 0.25) is 0 Å². The van der Waals surface area contributed by atoms with Crippen molar-refractivity contribution in [2.24, 2.45) is 5.73 Å². The van der Waals surface area contributed by atoms with E-state index in [0.717, 1.165) is 6.07 Å². The lowest BCUT2D eigenvalue weighted by atomic mass is 10.1. The quantitative estimate of drug-likeness (QED) is 0.470. The van der Waals surface area contributed by atoms with Gasteiger partial charge < -0.3 is 5.73 Å². The molecule has 0 aliphatic rings. The summed E-state index contributed by atoms with van der Waals surface area (Å²) in [7, 11) is 0. The van der Waals surface area contributed by atoms with Crippen molar-refractivity contribution in [1.29, 1.82) is 5.41 Å². The van der Waals surface area contributed by atoms with Gasteiger partial charge in [0.05, 0.1) is 0 Å². The molecule has 0 bridgehead atoms. The van der Waals surface area contributed by atoms with Crippen molar-refractivity contribution in [2.45, 2.75) is 0 Å². The Labute approximate surface area is 100 Å². The number of benzene rings is 1. The van der Waals surface area contributed by atoms with Crippen LogP contribution in [0.4, 0.5) is 13.2 Å². The molecule has 1 aromatic carbocycles. The van der Waals surface area contributed by atoms with Crippen LogP contribution >= 0.6 is 12.4 Å². The molecule has 2 aromatic rings. The number of nitrogens with one attached hydrogen (secondary N) is 1. The minimum Gasteiger partial charge on any atom is -0.382 e. The first-order chi connectivity index (χ1) is 7.50. The van der Waals surface area contributed by atoms with Crippen LogP contribution < -0.4 is 5.73 Å². The largest absolute Gasteiger partial charge is 0.382 e. The zero-order valence-electron chi connectivity index (χ0n) is 8.30. The van der Waals surface area contributed by atoms with Crippen LogP contribution in [0.1, 0.15) is 5.69 Å². The smallest absolute Gasteiger partial charge is 0.196 e. The first-order valence-electron chi connectivity index (χ1n) is 4.29. The molecule has 3 nitrogen and oxygen atoms in total. The zero-order valence-corrected chi connectivity index (χ0v) is 9.12. The highest BCUT2D eigenvalue weighted by atomic mass is 35.5. The van der Waals surface area contributed by atoms with E-state index in [-0.39, 0.29) is 34.8 Å². The van der Waals surface area contributed by atoms with Crippen molar-refractivity contribution < 1.29 is 13.2 Å². The predicted octanol–water partition coefficient (Wildman–Crippen LogP) is 2.36. The molecular weight excluding hydrogens is 255 g/mol. The fraction of sp³-hybridized carbons (Fsp3) is 0. The van der Waals surface area contributed by atoms with Crippen molar-refractivity contribution in [3.8, 4) is 0 Å². The third kappa shape index (κ3) is 2.16. The van der Waals surface area contributed by atoms with Crippen LogP contribution in [-0.4, -0.2) is 10.8 Å². The first kappa shape index (κ1) is 13.2. The Morgan fingerprint density at radius 1 is 1.18 bits per heavy atom. The second-order valence-corrected chi connectivity index (χ2v) is 3.17.